The van der Waals surface area contributed by atoms with E-state index in [-0.39, 0.29) is 28.6 Å². The van der Waals surface area contributed by atoms with E-state index in [2.05, 4.69) is 239 Å². The molecule has 2 aliphatic carbocycles. The molecule has 14 rings (SSSR count). The molecule has 2 saturated carbocycles. The fourth-order valence-electron chi connectivity index (χ4n) is 16.2. The predicted octanol–water partition coefficient (Wildman–Crippen LogP) is 15.3. The summed E-state index contributed by atoms with van der Waals surface area (Å²) in [7, 11) is -1.85. The Kier molecular flexibility index (Phi) is 9.72. The van der Waals surface area contributed by atoms with Crippen LogP contribution in [0.15, 0.2) is 170 Å². The van der Waals surface area contributed by atoms with Crippen molar-refractivity contribution in [2.45, 2.75) is 128 Å². The van der Waals surface area contributed by atoms with Crippen molar-refractivity contribution in [2.75, 3.05) is 14.7 Å². The summed E-state index contributed by atoms with van der Waals surface area (Å²) in [6, 6.07) is 66.6. The maximum absolute atomic E-state index is 2.99. The van der Waals surface area contributed by atoms with Gasteiger partial charge in [-0.05, 0) is 156 Å². The van der Waals surface area contributed by atoms with Crippen molar-refractivity contribution in [1.82, 2.24) is 0 Å². The number of nitrogens with zero attached hydrogens (tertiary/aromatic N) is 3. The Morgan fingerprint density at radius 3 is 1.82 bits per heavy atom. The lowest BCUT2D eigenvalue weighted by atomic mass is 9.33. The van der Waals surface area contributed by atoms with Crippen LogP contribution in [-0.2, 0) is 10.8 Å². The highest BCUT2D eigenvalue weighted by Crippen LogP contribution is 2.66. The highest BCUT2D eigenvalue weighted by Gasteiger charge is 2.65. The van der Waals surface area contributed by atoms with Gasteiger partial charge in [0.25, 0.3) is 6.71 Å². The monoisotopic (exact) mass is 966 g/mol. The number of fused-ring (bicyclic) bond motifs is 10. The van der Waals surface area contributed by atoms with Gasteiger partial charge in [-0.3, -0.25) is 0 Å². The lowest BCUT2D eigenvalue weighted by molar-refractivity contribution is 0.194. The number of benzene rings is 8. The predicted molar refractivity (Wildman–Crippen MR) is 315 cm³/mol. The van der Waals surface area contributed by atoms with Crippen molar-refractivity contribution in [3.8, 4) is 22.3 Å². The summed E-state index contributed by atoms with van der Waals surface area (Å²) in [6.45, 7) is 20.4. The molecule has 0 N–H and O–H groups in total. The molecule has 2 fully saturated rings. The molecule has 6 aliphatic rings. The van der Waals surface area contributed by atoms with E-state index < -0.39 is 8.07 Å². The molecule has 8 aromatic rings. The third-order valence-corrected chi connectivity index (χ3v) is 21.7. The average Bonchev–Trinajstić information content (AvgIpc) is 3.77. The van der Waals surface area contributed by atoms with Crippen LogP contribution in [0, 0.1) is 13.8 Å². The van der Waals surface area contributed by atoms with E-state index in [0.717, 1.165) is 19.3 Å². The van der Waals surface area contributed by atoms with Gasteiger partial charge in [-0.15, -0.1) is 0 Å². The minimum atomic E-state index is -1.85. The molecule has 5 heteroatoms. The number of aryl methyl sites for hydroxylation is 2. The Bertz CT molecular complexity index is 3570. The molecular weight excluding hydrogens is 898 g/mol. The standard InChI is InChI=1S/C68H68BN3Si/c1-45-37-46(2)62-59(38-45)71(66(4)34-19-18-33-65(62,66)3)53-41-60-63-61(42-53)72-64-55(68(51-28-16-11-17-29-51)36-21-20-35-67(68,72)5)43-54(73(6,7)8)44-57(64)69(63)56-32-31-50(48-25-14-10-15-26-48)40-58(56)70(60)52-30-22-27-49(39-52)47-23-12-9-13-24-47/h9-17,22-32,37-44H,18-21,33-36H2,1-8H3. The average molecular weight is 966 g/mol. The van der Waals surface area contributed by atoms with Crippen molar-refractivity contribution in [3.05, 3.63) is 198 Å². The summed E-state index contributed by atoms with van der Waals surface area (Å²) in [6.07, 6.45) is 9.57. The molecule has 0 bridgehead atoms. The number of hydrogen-bond donors (Lipinski definition) is 0. The van der Waals surface area contributed by atoms with E-state index in [4.69, 9.17) is 0 Å². The molecule has 362 valence electrons. The smallest absolute Gasteiger partial charge is 0.252 e. The van der Waals surface area contributed by atoms with Crippen LogP contribution in [0.2, 0.25) is 19.6 Å². The SMILES string of the molecule is Cc1cc(C)c2c(c1)N(c1cc3c4c(c1)N1c5c(cc([Si](C)(C)C)cc5C5(c6ccccc6)CCCCC15C)B4c1ccc(-c4ccccc4)cc1N3c1cccc(-c3ccccc3)c1)C1(C)CCCCC21C. The molecule has 8 aromatic carbocycles. The van der Waals surface area contributed by atoms with Gasteiger partial charge in [0.2, 0.25) is 0 Å². The van der Waals surface area contributed by atoms with Gasteiger partial charge in [-0.25, -0.2) is 0 Å². The van der Waals surface area contributed by atoms with Crippen LogP contribution >= 0.6 is 0 Å². The maximum atomic E-state index is 2.99. The van der Waals surface area contributed by atoms with Crippen LogP contribution in [0.25, 0.3) is 22.3 Å². The van der Waals surface area contributed by atoms with Gasteiger partial charge in [-0.1, -0.05) is 191 Å². The van der Waals surface area contributed by atoms with Crippen LogP contribution in [-0.4, -0.2) is 25.9 Å². The van der Waals surface area contributed by atoms with Crippen LogP contribution in [0.3, 0.4) is 0 Å². The van der Waals surface area contributed by atoms with E-state index in [1.807, 2.05) is 0 Å². The van der Waals surface area contributed by atoms with Gasteiger partial charge in [0.05, 0.1) is 19.2 Å². The van der Waals surface area contributed by atoms with E-state index in [0.29, 0.717) is 0 Å². The number of anilines is 7. The van der Waals surface area contributed by atoms with E-state index >= 15 is 0 Å². The Morgan fingerprint density at radius 1 is 0.479 bits per heavy atom. The van der Waals surface area contributed by atoms with E-state index in [1.165, 1.54) is 127 Å². The molecule has 4 aliphatic heterocycles. The third kappa shape index (κ3) is 6.06. The second-order valence-electron chi connectivity index (χ2n) is 24.6. The van der Waals surface area contributed by atoms with Gasteiger partial charge < -0.3 is 14.7 Å². The fourth-order valence-corrected chi connectivity index (χ4v) is 17.4. The molecule has 4 atom stereocenters. The molecule has 73 heavy (non-hydrogen) atoms. The Labute approximate surface area is 436 Å². The summed E-state index contributed by atoms with van der Waals surface area (Å²) in [5.41, 5.74) is 25.5. The highest BCUT2D eigenvalue weighted by molar-refractivity contribution is 7.01. The second-order valence-corrected chi connectivity index (χ2v) is 29.7. The largest absolute Gasteiger partial charge is 0.335 e. The Balaban J connectivity index is 1.14. The normalized spacial score (nSPS) is 24.1. The lowest BCUT2D eigenvalue weighted by Crippen LogP contribution is -2.65. The zero-order chi connectivity index (χ0) is 49.8. The van der Waals surface area contributed by atoms with Crippen LogP contribution in [0.5, 0.6) is 0 Å². The molecule has 0 aromatic heterocycles. The minimum Gasteiger partial charge on any atom is -0.335 e. The second kappa shape index (κ2) is 15.7. The molecule has 0 amide bonds. The van der Waals surface area contributed by atoms with Crippen molar-refractivity contribution in [2.24, 2.45) is 0 Å². The summed E-state index contributed by atoms with van der Waals surface area (Å²) < 4.78 is 0. The first-order chi connectivity index (χ1) is 35.2. The molecule has 4 heterocycles. The third-order valence-electron chi connectivity index (χ3n) is 19.7. The Morgan fingerprint density at radius 2 is 1.11 bits per heavy atom. The highest BCUT2D eigenvalue weighted by atomic mass is 28.3. The van der Waals surface area contributed by atoms with Gasteiger partial charge in [0, 0.05) is 50.6 Å². The maximum Gasteiger partial charge on any atom is 0.252 e. The van der Waals surface area contributed by atoms with Gasteiger partial charge >= 0.3 is 0 Å². The minimum absolute atomic E-state index is 0.00734. The van der Waals surface area contributed by atoms with E-state index in [9.17, 15) is 0 Å². The molecule has 4 unspecified atom stereocenters. The van der Waals surface area contributed by atoms with Gasteiger partial charge in [-0.2, -0.15) is 0 Å². The quantitative estimate of drug-likeness (QED) is 0.154. The molecule has 0 radical (unpaired) electrons. The fraction of sp³-hybridized carbons (Fsp3) is 0.294. The molecule has 3 nitrogen and oxygen atoms in total. The van der Waals surface area contributed by atoms with Gasteiger partial charge in [0.15, 0.2) is 0 Å². The Hall–Kier alpha value is -6.56. The van der Waals surface area contributed by atoms with Crippen LogP contribution < -0.4 is 36.3 Å². The molecule has 0 saturated heterocycles. The first-order valence-electron chi connectivity index (χ1n) is 27.5. The summed E-state index contributed by atoms with van der Waals surface area (Å²) >= 11 is 0. The zero-order valence-corrected chi connectivity index (χ0v) is 45.2. The van der Waals surface area contributed by atoms with Crippen LogP contribution in [0.4, 0.5) is 39.8 Å². The van der Waals surface area contributed by atoms with Crippen LogP contribution in [0.1, 0.15) is 100.0 Å². The van der Waals surface area contributed by atoms with Crippen molar-refractivity contribution < 1.29 is 0 Å². The van der Waals surface area contributed by atoms with Crippen molar-refractivity contribution in [1.29, 1.82) is 0 Å². The van der Waals surface area contributed by atoms with E-state index in [1.54, 1.807) is 16.3 Å². The topological polar surface area (TPSA) is 9.72 Å². The summed E-state index contributed by atoms with van der Waals surface area (Å²) in [4.78, 5) is 8.57. The first kappa shape index (κ1) is 45.1. The zero-order valence-electron chi connectivity index (χ0n) is 44.2. The summed E-state index contributed by atoms with van der Waals surface area (Å²) in [5.74, 6) is 0. The summed E-state index contributed by atoms with van der Waals surface area (Å²) in [5, 5.41) is 1.57. The molecular formula is C68H68BN3Si. The number of rotatable bonds is 6. The van der Waals surface area contributed by atoms with Crippen molar-refractivity contribution in [3.63, 3.8) is 0 Å². The van der Waals surface area contributed by atoms with Gasteiger partial charge in [0.1, 0.15) is 0 Å². The van der Waals surface area contributed by atoms with Crippen molar-refractivity contribution >= 4 is 76.2 Å². The number of hydrogen-bond acceptors (Lipinski definition) is 3. The molecule has 0 spiro atoms. The lowest BCUT2D eigenvalue weighted by Gasteiger charge is -2.54. The first-order valence-corrected chi connectivity index (χ1v) is 31.0.